The molecule has 2 aromatic rings. The van der Waals surface area contributed by atoms with Crippen LogP contribution >= 0.6 is 0 Å². The minimum Gasteiger partial charge on any atom is -0.411 e. The second-order valence-corrected chi connectivity index (χ2v) is 9.69. The van der Waals surface area contributed by atoms with Crippen LogP contribution in [0.2, 0.25) is 0 Å². The lowest BCUT2D eigenvalue weighted by molar-refractivity contribution is 0.312. The number of rotatable bonds is 8. The van der Waals surface area contributed by atoms with Gasteiger partial charge >= 0.3 is 5.22 Å². The fraction of sp³-hybridized carbons (Fsp3) is 0.467. The molecule has 0 aliphatic rings. The van der Waals surface area contributed by atoms with E-state index in [1.165, 1.54) is 24.3 Å². The van der Waals surface area contributed by atoms with E-state index in [2.05, 4.69) is 14.9 Å². The molecule has 0 radical (unpaired) electrons. The molecule has 0 spiro atoms. The maximum Gasteiger partial charge on any atom is 0.335 e. The summed E-state index contributed by atoms with van der Waals surface area (Å²) in [7, 11) is -7.52. The van der Waals surface area contributed by atoms with E-state index in [-0.39, 0.29) is 17.6 Å². The van der Waals surface area contributed by atoms with Gasteiger partial charge in [-0.2, -0.15) is 0 Å². The van der Waals surface area contributed by atoms with E-state index < -0.39 is 36.9 Å². The molecule has 0 saturated carbocycles. The van der Waals surface area contributed by atoms with Crippen LogP contribution < -0.4 is 4.72 Å². The van der Waals surface area contributed by atoms with Gasteiger partial charge in [-0.1, -0.05) is 37.5 Å². The third-order valence-corrected chi connectivity index (χ3v) is 5.92. The first kappa shape index (κ1) is 20.5. The maximum absolute atomic E-state index is 13.0. The topological polar surface area (TPSA) is 119 Å². The average Bonchev–Trinajstić information content (AvgIpc) is 3.04. The average molecular weight is 405 g/mol. The lowest BCUT2D eigenvalue weighted by atomic mass is 10.0. The molecule has 144 valence electrons. The van der Waals surface area contributed by atoms with Gasteiger partial charge in [-0.25, -0.2) is 25.9 Å². The summed E-state index contributed by atoms with van der Waals surface area (Å²) in [4.78, 5) is 0. The van der Waals surface area contributed by atoms with E-state index in [4.69, 9.17) is 4.42 Å². The van der Waals surface area contributed by atoms with Crippen LogP contribution in [0, 0.1) is 11.7 Å². The number of benzene rings is 1. The summed E-state index contributed by atoms with van der Waals surface area (Å²) < 4.78 is 68.5. The van der Waals surface area contributed by atoms with Crippen molar-refractivity contribution in [2.45, 2.75) is 37.3 Å². The Morgan fingerprint density at radius 3 is 2.27 bits per heavy atom. The molecule has 8 nitrogen and oxygen atoms in total. The second-order valence-electron chi connectivity index (χ2n) is 6.04. The Morgan fingerprint density at radius 2 is 1.77 bits per heavy atom. The number of nitrogens with zero attached hydrogens (tertiary/aromatic N) is 2. The standard InChI is InChI=1S/C15H20FN3O5S2/c1-4-10(2)13(14-17-18-15(24-14)25(3,20)21)19-26(22,23)9-11-5-7-12(16)8-6-11/h5-8,10,13,19H,4,9H2,1-3H3/t10-,13+/m1/s1. The van der Waals surface area contributed by atoms with Crippen molar-refractivity contribution in [3.8, 4) is 0 Å². The smallest absolute Gasteiger partial charge is 0.335 e. The van der Waals surface area contributed by atoms with Crippen LogP contribution in [-0.2, 0) is 25.6 Å². The molecule has 11 heteroatoms. The molecule has 0 amide bonds. The Hall–Kier alpha value is -1.85. The van der Waals surface area contributed by atoms with Crippen molar-refractivity contribution in [3.05, 3.63) is 41.5 Å². The third-order valence-electron chi connectivity index (χ3n) is 3.79. The molecular weight excluding hydrogens is 385 g/mol. The maximum atomic E-state index is 13.0. The molecule has 26 heavy (non-hydrogen) atoms. The van der Waals surface area contributed by atoms with E-state index in [0.29, 0.717) is 12.0 Å². The predicted molar refractivity (Wildman–Crippen MR) is 91.8 cm³/mol. The summed E-state index contributed by atoms with van der Waals surface area (Å²) in [6.07, 6.45) is 1.50. The van der Waals surface area contributed by atoms with Crippen LogP contribution in [-0.4, -0.2) is 33.3 Å². The van der Waals surface area contributed by atoms with Gasteiger partial charge in [0.1, 0.15) is 11.9 Å². The van der Waals surface area contributed by atoms with Gasteiger partial charge in [0.15, 0.2) is 0 Å². The van der Waals surface area contributed by atoms with E-state index >= 15 is 0 Å². The highest BCUT2D eigenvalue weighted by atomic mass is 32.2. The van der Waals surface area contributed by atoms with Gasteiger partial charge in [-0.3, -0.25) is 0 Å². The molecule has 0 aliphatic heterocycles. The zero-order valence-corrected chi connectivity index (χ0v) is 16.1. The van der Waals surface area contributed by atoms with Gasteiger partial charge in [-0.15, -0.1) is 5.10 Å². The van der Waals surface area contributed by atoms with Crippen molar-refractivity contribution >= 4 is 19.9 Å². The quantitative estimate of drug-likeness (QED) is 0.711. The Kier molecular flexibility index (Phi) is 6.14. The molecule has 0 unspecified atom stereocenters. The molecular formula is C15H20FN3O5S2. The number of hydrogen-bond donors (Lipinski definition) is 1. The highest BCUT2D eigenvalue weighted by Gasteiger charge is 2.30. The number of halogens is 1. The fourth-order valence-corrected chi connectivity index (χ4v) is 4.04. The van der Waals surface area contributed by atoms with Gasteiger partial charge < -0.3 is 4.42 Å². The van der Waals surface area contributed by atoms with Crippen LogP contribution in [0.1, 0.15) is 37.8 Å². The van der Waals surface area contributed by atoms with Crippen molar-refractivity contribution < 1.29 is 25.6 Å². The summed E-state index contributed by atoms with van der Waals surface area (Å²) in [6, 6.07) is 4.22. The van der Waals surface area contributed by atoms with Crippen LogP contribution in [0.3, 0.4) is 0 Å². The second kappa shape index (κ2) is 7.80. The van der Waals surface area contributed by atoms with E-state index in [0.717, 1.165) is 6.26 Å². The molecule has 0 aliphatic carbocycles. The Labute approximate surface area is 151 Å². The van der Waals surface area contributed by atoms with Crippen LogP contribution in [0.25, 0.3) is 0 Å². The number of aromatic nitrogens is 2. The molecule has 0 fully saturated rings. The Balaban J connectivity index is 2.27. The van der Waals surface area contributed by atoms with Crippen molar-refractivity contribution in [1.82, 2.24) is 14.9 Å². The van der Waals surface area contributed by atoms with Crippen LogP contribution in [0.5, 0.6) is 0 Å². The SMILES string of the molecule is CC[C@@H](C)[C@H](NS(=O)(=O)Cc1ccc(F)cc1)c1nnc(S(C)(=O)=O)o1. The molecule has 1 N–H and O–H groups in total. The first-order chi connectivity index (χ1) is 12.0. The highest BCUT2D eigenvalue weighted by molar-refractivity contribution is 7.90. The molecule has 2 rings (SSSR count). The summed E-state index contributed by atoms with van der Waals surface area (Å²) in [5, 5.41) is 6.58. The summed E-state index contributed by atoms with van der Waals surface area (Å²) in [6.45, 7) is 3.62. The van der Waals surface area contributed by atoms with Crippen molar-refractivity contribution in [1.29, 1.82) is 0 Å². The lowest BCUT2D eigenvalue weighted by Gasteiger charge is -2.20. The number of hydrogen-bond acceptors (Lipinski definition) is 7. The Morgan fingerprint density at radius 1 is 1.15 bits per heavy atom. The largest absolute Gasteiger partial charge is 0.411 e. The van der Waals surface area contributed by atoms with Crippen LogP contribution in [0.4, 0.5) is 4.39 Å². The minimum atomic E-state index is -3.83. The summed E-state index contributed by atoms with van der Waals surface area (Å²) in [5.41, 5.74) is 0.407. The normalized spacial score (nSPS) is 14.9. The third kappa shape index (κ3) is 5.32. The molecule has 2 atom stereocenters. The van der Waals surface area contributed by atoms with E-state index in [1.54, 1.807) is 6.92 Å². The summed E-state index contributed by atoms with van der Waals surface area (Å²) in [5.74, 6) is -1.18. The number of sulfonamides is 1. The van der Waals surface area contributed by atoms with E-state index in [9.17, 15) is 21.2 Å². The predicted octanol–water partition coefficient (Wildman–Crippen LogP) is 1.82. The zero-order valence-electron chi connectivity index (χ0n) is 14.5. The monoisotopic (exact) mass is 405 g/mol. The van der Waals surface area contributed by atoms with Crippen molar-refractivity contribution in [2.75, 3.05) is 6.26 Å². The van der Waals surface area contributed by atoms with Crippen molar-refractivity contribution in [2.24, 2.45) is 5.92 Å². The van der Waals surface area contributed by atoms with E-state index in [1.807, 2.05) is 6.92 Å². The lowest BCUT2D eigenvalue weighted by Crippen LogP contribution is -2.33. The number of nitrogens with one attached hydrogen (secondary N) is 1. The minimum absolute atomic E-state index is 0.123. The molecule has 1 aromatic carbocycles. The zero-order chi connectivity index (χ0) is 19.5. The summed E-state index contributed by atoms with van der Waals surface area (Å²) >= 11 is 0. The molecule has 1 heterocycles. The fourth-order valence-electron chi connectivity index (χ4n) is 2.18. The first-order valence-corrected chi connectivity index (χ1v) is 11.3. The molecule has 0 saturated heterocycles. The van der Waals surface area contributed by atoms with Gasteiger partial charge in [-0.05, 0) is 23.6 Å². The van der Waals surface area contributed by atoms with Gasteiger partial charge in [0, 0.05) is 6.26 Å². The van der Waals surface area contributed by atoms with Gasteiger partial charge in [0.05, 0.1) is 5.75 Å². The number of sulfone groups is 1. The van der Waals surface area contributed by atoms with Crippen molar-refractivity contribution in [3.63, 3.8) is 0 Å². The Bertz CT molecular complexity index is 955. The first-order valence-electron chi connectivity index (χ1n) is 7.79. The molecule has 0 bridgehead atoms. The highest BCUT2D eigenvalue weighted by Crippen LogP contribution is 2.26. The van der Waals surface area contributed by atoms with Crippen LogP contribution in [0.15, 0.2) is 33.9 Å². The molecule has 1 aromatic heterocycles. The van der Waals surface area contributed by atoms with Gasteiger partial charge in [0.25, 0.3) is 0 Å². The van der Waals surface area contributed by atoms with Gasteiger partial charge in [0.2, 0.25) is 25.8 Å².